The highest BCUT2D eigenvalue weighted by atomic mass is 79.9. The summed E-state index contributed by atoms with van der Waals surface area (Å²) in [4.78, 5) is 11.8. The van der Waals surface area contributed by atoms with E-state index in [0.29, 0.717) is 12.1 Å². The summed E-state index contributed by atoms with van der Waals surface area (Å²) in [6.45, 7) is 0.349. The molecule has 0 unspecified atom stereocenters. The minimum absolute atomic E-state index is 0.127. The van der Waals surface area contributed by atoms with Crippen LogP contribution in [0.2, 0.25) is 0 Å². The van der Waals surface area contributed by atoms with Gasteiger partial charge in [-0.2, -0.15) is 0 Å². The molecule has 4 heteroatoms. The van der Waals surface area contributed by atoms with Gasteiger partial charge in [0.25, 0.3) is 5.91 Å². The summed E-state index contributed by atoms with van der Waals surface area (Å²) in [6.07, 6.45) is 3.66. The van der Waals surface area contributed by atoms with E-state index in [2.05, 4.69) is 21.2 Å². The lowest BCUT2D eigenvalue weighted by Crippen LogP contribution is -2.40. The molecule has 1 fully saturated rings. The molecule has 1 aliphatic carbocycles. The van der Waals surface area contributed by atoms with E-state index >= 15 is 0 Å². The van der Waals surface area contributed by atoms with Gasteiger partial charge in [-0.15, -0.1) is 0 Å². The Morgan fingerprint density at radius 2 is 1.88 bits per heavy atom. The molecule has 1 saturated carbocycles. The van der Waals surface area contributed by atoms with Crippen LogP contribution in [0.4, 0.5) is 0 Å². The maximum atomic E-state index is 11.8. The number of carbonyl (C=O) groups excluding carboxylic acids is 1. The van der Waals surface area contributed by atoms with Gasteiger partial charge in [0.15, 0.2) is 0 Å². The van der Waals surface area contributed by atoms with E-state index in [-0.39, 0.29) is 5.91 Å². The smallest absolute Gasteiger partial charge is 0.251 e. The Hall–Kier alpha value is -0.870. The van der Waals surface area contributed by atoms with Crippen LogP contribution in [-0.4, -0.2) is 23.2 Å². The molecule has 1 aliphatic rings. The number of benzene rings is 1. The molecule has 0 atom stereocenters. The van der Waals surface area contributed by atoms with Crippen LogP contribution < -0.4 is 5.32 Å². The summed E-state index contributed by atoms with van der Waals surface area (Å²) < 4.78 is 0.948. The molecule has 0 bridgehead atoms. The lowest BCUT2D eigenvalue weighted by atomic mass is 10.0. The standard InChI is InChI=1S/C13H16BrNO2/c14-11-5-3-10(4-6-11)12(16)15-9-13(17)7-1-2-8-13/h3-6,17H,1-2,7-9H2,(H,15,16). The molecule has 0 aliphatic heterocycles. The molecule has 0 spiro atoms. The second-order valence-corrected chi connectivity index (χ2v) is 5.54. The fourth-order valence-electron chi connectivity index (χ4n) is 2.16. The van der Waals surface area contributed by atoms with Crippen molar-refractivity contribution in [2.45, 2.75) is 31.3 Å². The van der Waals surface area contributed by atoms with Crippen LogP contribution in [0, 0.1) is 0 Å². The molecule has 3 nitrogen and oxygen atoms in total. The summed E-state index contributed by atoms with van der Waals surface area (Å²) >= 11 is 3.32. The molecule has 1 aromatic rings. The van der Waals surface area contributed by atoms with Gasteiger partial charge in [0, 0.05) is 16.6 Å². The number of nitrogens with one attached hydrogen (secondary N) is 1. The van der Waals surface area contributed by atoms with Crippen molar-refractivity contribution < 1.29 is 9.90 Å². The van der Waals surface area contributed by atoms with Crippen molar-refractivity contribution in [2.75, 3.05) is 6.54 Å². The third kappa shape index (κ3) is 3.30. The van der Waals surface area contributed by atoms with Crippen molar-refractivity contribution in [3.8, 4) is 0 Å². The number of carbonyl (C=O) groups is 1. The van der Waals surface area contributed by atoms with Gasteiger partial charge in [-0.25, -0.2) is 0 Å². The van der Waals surface area contributed by atoms with Crippen LogP contribution in [0.15, 0.2) is 28.7 Å². The van der Waals surface area contributed by atoms with E-state index in [9.17, 15) is 9.90 Å². The highest BCUT2D eigenvalue weighted by Crippen LogP contribution is 2.28. The van der Waals surface area contributed by atoms with E-state index in [1.165, 1.54) is 0 Å². The maximum Gasteiger partial charge on any atom is 0.251 e. The van der Waals surface area contributed by atoms with Gasteiger partial charge in [0.1, 0.15) is 0 Å². The van der Waals surface area contributed by atoms with Gasteiger partial charge in [0.05, 0.1) is 5.60 Å². The zero-order chi connectivity index (χ0) is 12.3. The van der Waals surface area contributed by atoms with Crippen LogP contribution in [0.25, 0.3) is 0 Å². The largest absolute Gasteiger partial charge is 0.388 e. The third-order valence-electron chi connectivity index (χ3n) is 3.22. The van der Waals surface area contributed by atoms with E-state index in [4.69, 9.17) is 0 Å². The van der Waals surface area contributed by atoms with Crippen LogP contribution in [0.5, 0.6) is 0 Å². The van der Waals surface area contributed by atoms with Crippen molar-refractivity contribution in [1.29, 1.82) is 0 Å². The Morgan fingerprint density at radius 3 is 2.47 bits per heavy atom. The molecule has 1 amide bonds. The highest BCUT2D eigenvalue weighted by molar-refractivity contribution is 9.10. The lowest BCUT2D eigenvalue weighted by Gasteiger charge is -2.22. The minimum atomic E-state index is -0.689. The highest BCUT2D eigenvalue weighted by Gasteiger charge is 2.31. The zero-order valence-electron chi connectivity index (χ0n) is 9.58. The number of aliphatic hydroxyl groups is 1. The summed E-state index contributed by atoms with van der Waals surface area (Å²) in [5.41, 5.74) is -0.0693. The maximum absolute atomic E-state index is 11.8. The predicted molar refractivity (Wildman–Crippen MR) is 69.9 cm³/mol. The number of halogens is 1. The number of hydrogen-bond donors (Lipinski definition) is 2. The molecule has 0 saturated heterocycles. The van der Waals surface area contributed by atoms with Crippen molar-refractivity contribution in [3.05, 3.63) is 34.3 Å². The first-order valence-corrected chi connectivity index (χ1v) is 6.65. The minimum Gasteiger partial charge on any atom is -0.388 e. The lowest BCUT2D eigenvalue weighted by molar-refractivity contribution is 0.0449. The van der Waals surface area contributed by atoms with Crippen LogP contribution >= 0.6 is 15.9 Å². The molecule has 17 heavy (non-hydrogen) atoms. The topological polar surface area (TPSA) is 49.3 Å². The van der Waals surface area contributed by atoms with Gasteiger partial charge in [-0.05, 0) is 37.1 Å². The molecule has 0 aromatic heterocycles. The zero-order valence-corrected chi connectivity index (χ0v) is 11.2. The molecule has 0 radical (unpaired) electrons. The summed E-state index contributed by atoms with van der Waals surface area (Å²) in [6, 6.07) is 7.19. The first-order chi connectivity index (χ1) is 8.09. The van der Waals surface area contributed by atoms with Crippen molar-refractivity contribution in [3.63, 3.8) is 0 Å². The van der Waals surface area contributed by atoms with Gasteiger partial charge < -0.3 is 10.4 Å². The molecule has 92 valence electrons. The molecule has 1 aromatic carbocycles. The Morgan fingerprint density at radius 1 is 1.29 bits per heavy atom. The Labute approximate surface area is 109 Å². The first-order valence-electron chi connectivity index (χ1n) is 5.85. The second-order valence-electron chi connectivity index (χ2n) is 4.62. The molecule has 0 heterocycles. The predicted octanol–water partition coefficient (Wildman–Crippen LogP) is 2.48. The van der Waals surface area contributed by atoms with Crippen molar-refractivity contribution in [2.24, 2.45) is 0 Å². The molecule has 2 N–H and O–H groups in total. The molecular weight excluding hydrogens is 282 g/mol. The summed E-state index contributed by atoms with van der Waals surface area (Å²) in [5.74, 6) is -0.127. The van der Waals surface area contributed by atoms with E-state index < -0.39 is 5.60 Å². The van der Waals surface area contributed by atoms with Crippen LogP contribution in [-0.2, 0) is 0 Å². The van der Waals surface area contributed by atoms with Crippen molar-refractivity contribution in [1.82, 2.24) is 5.32 Å². The summed E-state index contributed by atoms with van der Waals surface area (Å²) in [5, 5.41) is 12.9. The fraction of sp³-hybridized carbons (Fsp3) is 0.462. The van der Waals surface area contributed by atoms with E-state index in [1.807, 2.05) is 12.1 Å². The normalized spacial score (nSPS) is 18.0. The summed E-state index contributed by atoms with van der Waals surface area (Å²) in [7, 11) is 0. The average molecular weight is 298 g/mol. The van der Waals surface area contributed by atoms with Crippen LogP contribution in [0.3, 0.4) is 0 Å². The first kappa shape index (κ1) is 12.6. The van der Waals surface area contributed by atoms with Crippen molar-refractivity contribution >= 4 is 21.8 Å². The van der Waals surface area contributed by atoms with E-state index in [0.717, 1.165) is 30.2 Å². The Kier molecular flexibility index (Phi) is 3.84. The molecule has 2 rings (SSSR count). The van der Waals surface area contributed by atoms with Gasteiger partial charge in [-0.1, -0.05) is 28.8 Å². The number of amides is 1. The fourth-order valence-corrected chi connectivity index (χ4v) is 2.42. The number of rotatable bonds is 3. The van der Waals surface area contributed by atoms with E-state index in [1.54, 1.807) is 12.1 Å². The second kappa shape index (κ2) is 5.19. The number of hydrogen-bond acceptors (Lipinski definition) is 2. The quantitative estimate of drug-likeness (QED) is 0.900. The van der Waals surface area contributed by atoms with Crippen LogP contribution in [0.1, 0.15) is 36.0 Å². The Balaban J connectivity index is 1.91. The Bertz CT molecular complexity index is 396. The van der Waals surface area contributed by atoms with Gasteiger partial charge in [0.2, 0.25) is 0 Å². The third-order valence-corrected chi connectivity index (χ3v) is 3.75. The van der Waals surface area contributed by atoms with Gasteiger partial charge in [-0.3, -0.25) is 4.79 Å². The average Bonchev–Trinajstić information content (AvgIpc) is 2.75. The SMILES string of the molecule is O=C(NCC1(O)CCCC1)c1ccc(Br)cc1. The monoisotopic (exact) mass is 297 g/mol. The van der Waals surface area contributed by atoms with Gasteiger partial charge >= 0.3 is 0 Å². The molecular formula is C13H16BrNO2.